The first-order chi connectivity index (χ1) is 9.19. The summed E-state index contributed by atoms with van der Waals surface area (Å²) in [6.07, 6.45) is 3.79. The van der Waals surface area contributed by atoms with Gasteiger partial charge in [0.2, 0.25) is 15.9 Å². The van der Waals surface area contributed by atoms with Crippen LogP contribution in [0.5, 0.6) is 0 Å². The van der Waals surface area contributed by atoms with Crippen LogP contribution in [-0.4, -0.2) is 44.4 Å². The maximum Gasteiger partial charge on any atom is 0.238 e. The predicted octanol–water partition coefficient (Wildman–Crippen LogP) is 0.228. The molecule has 1 rings (SSSR count). The molecular formula is C13H26N2O4S. The van der Waals surface area contributed by atoms with Crippen LogP contribution in [0.1, 0.15) is 39.5 Å². The molecule has 0 heterocycles. The molecule has 0 spiro atoms. The SMILES string of the molecule is CC(C)CC(NS(C)(=O)=O)C(=O)NCC1CCCC1O. The lowest BCUT2D eigenvalue weighted by Gasteiger charge is -2.21. The first kappa shape index (κ1) is 17.4. The zero-order valence-corrected chi connectivity index (χ0v) is 13.2. The number of hydrogen-bond donors (Lipinski definition) is 3. The largest absolute Gasteiger partial charge is 0.393 e. The fourth-order valence-corrected chi connectivity index (χ4v) is 3.27. The Kier molecular flexibility index (Phi) is 6.42. The number of sulfonamides is 1. The van der Waals surface area contributed by atoms with E-state index in [0.717, 1.165) is 25.5 Å². The molecule has 20 heavy (non-hydrogen) atoms. The molecule has 0 saturated heterocycles. The molecule has 0 bridgehead atoms. The van der Waals surface area contributed by atoms with E-state index in [1.54, 1.807) is 0 Å². The van der Waals surface area contributed by atoms with Gasteiger partial charge in [-0.1, -0.05) is 20.3 Å². The smallest absolute Gasteiger partial charge is 0.238 e. The van der Waals surface area contributed by atoms with Crippen LogP contribution < -0.4 is 10.0 Å². The van der Waals surface area contributed by atoms with Gasteiger partial charge in [-0.3, -0.25) is 4.79 Å². The molecule has 3 atom stereocenters. The maximum absolute atomic E-state index is 12.1. The van der Waals surface area contributed by atoms with E-state index in [9.17, 15) is 18.3 Å². The van der Waals surface area contributed by atoms with Crippen LogP contribution in [0.2, 0.25) is 0 Å². The van der Waals surface area contributed by atoms with Crippen molar-refractivity contribution in [2.75, 3.05) is 12.8 Å². The molecule has 3 unspecified atom stereocenters. The van der Waals surface area contributed by atoms with Crippen LogP contribution >= 0.6 is 0 Å². The summed E-state index contributed by atoms with van der Waals surface area (Å²) in [5.41, 5.74) is 0. The summed E-state index contributed by atoms with van der Waals surface area (Å²) in [6, 6.07) is -0.747. The van der Waals surface area contributed by atoms with Crippen molar-refractivity contribution < 1.29 is 18.3 Å². The molecule has 7 heteroatoms. The topological polar surface area (TPSA) is 95.5 Å². The van der Waals surface area contributed by atoms with Gasteiger partial charge in [-0.25, -0.2) is 13.1 Å². The number of nitrogens with one attached hydrogen (secondary N) is 2. The monoisotopic (exact) mass is 306 g/mol. The maximum atomic E-state index is 12.1. The van der Waals surface area contributed by atoms with Crippen molar-refractivity contribution in [1.82, 2.24) is 10.0 Å². The number of carbonyl (C=O) groups excluding carboxylic acids is 1. The normalized spacial score (nSPS) is 24.9. The van der Waals surface area contributed by atoms with Gasteiger partial charge in [0, 0.05) is 12.5 Å². The molecule has 0 radical (unpaired) electrons. The molecule has 3 N–H and O–H groups in total. The molecule has 1 amide bonds. The van der Waals surface area contributed by atoms with Crippen LogP contribution in [0.4, 0.5) is 0 Å². The van der Waals surface area contributed by atoms with Gasteiger partial charge >= 0.3 is 0 Å². The standard InChI is InChI=1S/C13H26N2O4S/c1-9(2)7-11(15-20(3,18)19)13(17)14-8-10-5-4-6-12(10)16/h9-12,15-16H,4-8H2,1-3H3,(H,14,17). The number of aliphatic hydroxyl groups is 1. The first-order valence-electron chi connectivity index (χ1n) is 7.12. The Morgan fingerprint density at radius 1 is 1.35 bits per heavy atom. The van der Waals surface area contributed by atoms with E-state index in [1.807, 2.05) is 13.8 Å². The van der Waals surface area contributed by atoms with Crippen LogP contribution in [0, 0.1) is 11.8 Å². The summed E-state index contributed by atoms with van der Waals surface area (Å²) in [5, 5.41) is 12.5. The minimum absolute atomic E-state index is 0.0804. The highest BCUT2D eigenvalue weighted by Crippen LogP contribution is 2.24. The summed E-state index contributed by atoms with van der Waals surface area (Å²) < 4.78 is 25.0. The van der Waals surface area contributed by atoms with Gasteiger partial charge in [0.25, 0.3) is 0 Å². The van der Waals surface area contributed by atoms with Gasteiger partial charge in [-0.2, -0.15) is 0 Å². The Bertz CT molecular complexity index is 422. The molecule has 1 fully saturated rings. The third-order valence-electron chi connectivity index (χ3n) is 3.54. The number of aliphatic hydroxyl groups excluding tert-OH is 1. The van der Waals surface area contributed by atoms with Gasteiger partial charge in [-0.05, 0) is 25.2 Å². The van der Waals surface area contributed by atoms with Crippen molar-refractivity contribution in [1.29, 1.82) is 0 Å². The van der Waals surface area contributed by atoms with Crippen LogP contribution in [0.15, 0.2) is 0 Å². The van der Waals surface area contributed by atoms with E-state index in [4.69, 9.17) is 0 Å². The number of hydrogen-bond acceptors (Lipinski definition) is 4. The van der Waals surface area contributed by atoms with Gasteiger partial charge < -0.3 is 10.4 Å². The minimum Gasteiger partial charge on any atom is -0.393 e. The van der Waals surface area contributed by atoms with Crippen LogP contribution in [0.25, 0.3) is 0 Å². The van der Waals surface area contributed by atoms with Crippen molar-refractivity contribution in [3.05, 3.63) is 0 Å². The number of rotatable bonds is 7. The van der Waals surface area contributed by atoms with Gasteiger partial charge in [-0.15, -0.1) is 0 Å². The van der Waals surface area contributed by atoms with Crippen molar-refractivity contribution in [2.24, 2.45) is 11.8 Å². The zero-order chi connectivity index (χ0) is 15.3. The Balaban J connectivity index is 2.54. The third kappa shape index (κ3) is 6.19. The van der Waals surface area contributed by atoms with E-state index in [2.05, 4.69) is 10.0 Å². The quantitative estimate of drug-likeness (QED) is 0.627. The van der Waals surface area contributed by atoms with Gasteiger partial charge in [0.1, 0.15) is 6.04 Å². The fraction of sp³-hybridized carbons (Fsp3) is 0.923. The molecule has 0 aromatic carbocycles. The second-order valence-electron chi connectivity index (χ2n) is 6.08. The Hall–Kier alpha value is -0.660. The Morgan fingerprint density at radius 3 is 2.45 bits per heavy atom. The highest BCUT2D eigenvalue weighted by molar-refractivity contribution is 7.88. The van der Waals surface area contributed by atoms with Crippen LogP contribution in [0.3, 0.4) is 0 Å². The lowest BCUT2D eigenvalue weighted by Crippen LogP contribution is -2.48. The Labute approximate surface area is 121 Å². The molecule has 1 aliphatic rings. The average Bonchev–Trinajstić information content (AvgIpc) is 2.68. The van der Waals surface area contributed by atoms with Crippen molar-refractivity contribution in [3.63, 3.8) is 0 Å². The van der Waals surface area contributed by atoms with Crippen molar-refractivity contribution >= 4 is 15.9 Å². The molecule has 0 aliphatic heterocycles. The molecule has 1 saturated carbocycles. The average molecular weight is 306 g/mol. The molecule has 0 aromatic heterocycles. The molecule has 1 aliphatic carbocycles. The summed E-state index contributed by atoms with van der Waals surface area (Å²) in [5.74, 6) is -0.0304. The summed E-state index contributed by atoms with van der Waals surface area (Å²) in [6.45, 7) is 4.27. The number of amides is 1. The fourth-order valence-electron chi connectivity index (χ4n) is 2.55. The van der Waals surface area contributed by atoms with E-state index in [1.165, 1.54) is 0 Å². The number of carbonyl (C=O) groups is 1. The van der Waals surface area contributed by atoms with Crippen molar-refractivity contribution in [2.45, 2.75) is 51.7 Å². The highest BCUT2D eigenvalue weighted by Gasteiger charge is 2.28. The lowest BCUT2D eigenvalue weighted by molar-refractivity contribution is -0.123. The molecular weight excluding hydrogens is 280 g/mol. The predicted molar refractivity (Wildman–Crippen MR) is 77.6 cm³/mol. The summed E-state index contributed by atoms with van der Waals surface area (Å²) >= 11 is 0. The second-order valence-corrected chi connectivity index (χ2v) is 7.86. The van der Waals surface area contributed by atoms with E-state index < -0.39 is 16.1 Å². The van der Waals surface area contributed by atoms with E-state index in [-0.39, 0.29) is 23.8 Å². The van der Waals surface area contributed by atoms with Gasteiger partial charge in [0.15, 0.2) is 0 Å². The Morgan fingerprint density at radius 2 is 2.00 bits per heavy atom. The molecule has 6 nitrogen and oxygen atoms in total. The van der Waals surface area contributed by atoms with Crippen LogP contribution in [-0.2, 0) is 14.8 Å². The third-order valence-corrected chi connectivity index (χ3v) is 4.25. The van der Waals surface area contributed by atoms with E-state index in [0.29, 0.717) is 13.0 Å². The van der Waals surface area contributed by atoms with Gasteiger partial charge in [0.05, 0.1) is 12.4 Å². The zero-order valence-electron chi connectivity index (χ0n) is 12.4. The van der Waals surface area contributed by atoms with Crippen molar-refractivity contribution in [3.8, 4) is 0 Å². The minimum atomic E-state index is -3.42. The second kappa shape index (κ2) is 7.38. The summed E-state index contributed by atoms with van der Waals surface area (Å²) in [7, 11) is -3.42. The summed E-state index contributed by atoms with van der Waals surface area (Å²) in [4.78, 5) is 12.1. The molecule has 118 valence electrons. The highest BCUT2D eigenvalue weighted by atomic mass is 32.2. The first-order valence-corrected chi connectivity index (χ1v) is 9.01. The lowest BCUT2D eigenvalue weighted by atomic mass is 10.0. The van der Waals surface area contributed by atoms with E-state index >= 15 is 0 Å². The molecule has 0 aromatic rings.